The predicted octanol–water partition coefficient (Wildman–Crippen LogP) is 2.71. The van der Waals surface area contributed by atoms with E-state index in [0.29, 0.717) is 12.3 Å². The number of aromatic nitrogens is 2. The lowest BCUT2D eigenvalue weighted by Crippen LogP contribution is -2.05. The van der Waals surface area contributed by atoms with Gasteiger partial charge in [0.25, 0.3) is 9.05 Å². The summed E-state index contributed by atoms with van der Waals surface area (Å²) in [6.07, 6.45) is 3.20. The topological polar surface area (TPSA) is 61.2 Å². The Hall–Kier alpha value is -0.590. The Morgan fingerprint density at radius 2 is 2.17 bits per heavy atom. The molecule has 1 aromatic heterocycles. The summed E-state index contributed by atoms with van der Waals surface area (Å²) < 4.78 is 29.9. The molecule has 1 aromatic rings. The molecule has 18 heavy (non-hydrogen) atoms. The Kier molecular flexibility index (Phi) is 5.62. The minimum absolute atomic E-state index is 0.0422. The maximum atomic E-state index is 11.5. The van der Waals surface area contributed by atoms with Gasteiger partial charge < -0.3 is 4.74 Å². The van der Waals surface area contributed by atoms with Gasteiger partial charge in [0.1, 0.15) is 10.6 Å². The van der Waals surface area contributed by atoms with Gasteiger partial charge in [0.15, 0.2) is 0 Å². The molecule has 0 fully saturated rings. The summed E-state index contributed by atoms with van der Waals surface area (Å²) >= 11 is 0. The fourth-order valence-electron chi connectivity index (χ4n) is 1.44. The zero-order chi connectivity index (χ0) is 13.8. The van der Waals surface area contributed by atoms with E-state index in [-0.39, 0.29) is 17.5 Å². The average molecular weight is 295 g/mol. The SMILES string of the molecule is CCCOCc1nn(C(C)CC)cc1S(=O)(=O)Cl. The van der Waals surface area contributed by atoms with Gasteiger partial charge in [-0.25, -0.2) is 8.42 Å². The van der Waals surface area contributed by atoms with Crippen molar-refractivity contribution in [2.75, 3.05) is 6.61 Å². The van der Waals surface area contributed by atoms with Gasteiger partial charge >= 0.3 is 0 Å². The zero-order valence-corrected chi connectivity index (χ0v) is 12.5. The normalized spacial score (nSPS) is 13.8. The summed E-state index contributed by atoms with van der Waals surface area (Å²) in [6, 6.07) is 0.127. The summed E-state index contributed by atoms with van der Waals surface area (Å²) in [4.78, 5) is 0.0422. The van der Waals surface area contributed by atoms with Gasteiger partial charge in [-0.3, -0.25) is 4.68 Å². The molecule has 0 aliphatic carbocycles. The van der Waals surface area contributed by atoms with Gasteiger partial charge in [-0.05, 0) is 19.8 Å². The minimum atomic E-state index is -3.78. The zero-order valence-electron chi connectivity index (χ0n) is 10.9. The molecule has 0 amide bonds. The van der Waals surface area contributed by atoms with Gasteiger partial charge in [0.05, 0.1) is 6.61 Å². The van der Waals surface area contributed by atoms with E-state index in [1.807, 2.05) is 20.8 Å². The Labute approximate surface area is 113 Å². The summed E-state index contributed by atoms with van der Waals surface area (Å²) in [6.45, 7) is 6.69. The molecule has 104 valence electrons. The summed E-state index contributed by atoms with van der Waals surface area (Å²) in [5.74, 6) is 0. The van der Waals surface area contributed by atoms with Crippen molar-refractivity contribution < 1.29 is 13.2 Å². The molecule has 0 saturated heterocycles. The second-order valence-corrected chi connectivity index (χ2v) is 6.70. The second kappa shape index (κ2) is 6.54. The Morgan fingerprint density at radius 3 is 2.67 bits per heavy atom. The molecule has 1 atom stereocenters. The first kappa shape index (κ1) is 15.5. The molecule has 0 aromatic carbocycles. The maximum absolute atomic E-state index is 11.5. The highest BCUT2D eigenvalue weighted by Crippen LogP contribution is 2.22. The largest absolute Gasteiger partial charge is 0.375 e. The van der Waals surface area contributed by atoms with Gasteiger partial charge in [-0.1, -0.05) is 13.8 Å². The average Bonchev–Trinajstić information content (AvgIpc) is 2.72. The number of ether oxygens (including phenoxy) is 1. The Morgan fingerprint density at radius 1 is 1.50 bits per heavy atom. The molecular weight excluding hydrogens is 276 g/mol. The van der Waals surface area contributed by atoms with Crippen molar-refractivity contribution >= 4 is 19.7 Å². The van der Waals surface area contributed by atoms with E-state index < -0.39 is 9.05 Å². The molecule has 7 heteroatoms. The van der Waals surface area contributed by atoms with Gasteiger partial charge in [-0.2, -0.15) is 5.10 Å². The number of nitrogens with zero attached hydrogens (tertiary/aromatic N) is 2. The molecule has 0 bridgehead atoms. The first-order valence-corrected chi connectivity index (χ1v) is 8.31. The molecule has 0 N–H and O–H groups in total. The van der Waals surface area contributed by atoms with Crippen LogP contribution in [-0.4, -0.2) is 24.8 Å². The first-order valence-electron chi connectivity index (χ1n) is 6.00. The highest BCUT2D eigenvalue weighted by Gasteiger charge is 2.21. The van der Waals surface area contributed by atoms with Crippen LogP contribution < -0.4 is 0 Å². The minimum Gasteiger partial charge on any atom is -0.375 e. The van der Waals surface area contributed by atoms with Crippen molar-refractivity contribution in [2.45, 2.75) is 51.2 Å². The van der Waals surface area contributed by atoms with Crippen LogP contribution in [0.15, 0.2) is 11.1 Å². The fraction of sp³-hybridized carbons (Fsp3) is 0.727. The Balaban J connectivity index is 3.02. The fourth-order valence-corrected chi connectivity index (χ4v) is 2.44. The molecule has 1 unspecified atom stereocenters. The van der Waals surface area contributed by atoms with Crippen LogP contribution in [0.1, 0.15) is 45.3 Å². The van der Waals surface area contributed by atoms with Crippen LogP contribution >= 0.6 is 10.7 Å². The number of halogens is 1. The van der Waals surface area contributed by atoms with Gasteiger partial charge in [0, 0.05) is 29.5 Å². The molecule has 1 rings (SSSR count). The van der Waals surface area contributed by atoms with Crippen molar-refractivity contribution in [1.82, 2.24) is 9.78 Å². The molecule has 0 spiro atoms. The van der Waals surface area contributed by atoms with E-state index >= 15 is 0 Å². The third-order valence-electron chi connectivity index (χ3n) is 2.66. The van der Waals surface area contributed by atoms with E-state index in [1.54, 1.807) is 4.68 Å². The summed E-state index contributed by atoms with van der Waals surface area (Å²) in [7, 11) is 1.62. The molecule has 0 aliphatic heterocycles. The van der Waals surface area contributed by atoms with E-state index in [2.05, 4.69) is 5.10 Å². The lowest BCUT2D eigenvalue weighted by atomic mass is 10.3. The third-order valence-corrected chi connectivity index (χ3v) is 4.03. The van der Waals surface area contributed by atoms with Gasteiger partial charge in [-0.15, -0.1) is 0 Å². The van der Waals surface area contributed by atoms with E-state index in [4.69, 9.17) is 15.4 Å². The lowest BCUT2D eigenvalue weighted by molar-refractivity contribution is 0.116. The van der Waals surface area contributed by atoms with Gasteiger partial charge in [0.2, 0.25) is 0 Å². The monoisotopic (exact) mass is 294 g/mol. The highest BCUT2D eigenvalue weighted by molar-refractivity contribution is 8.13. The van der Waals surface area contributed by atoms with Crippen LogP contribution in [-0.2, 0) is 20.4 Å². The van der Waals surface area contributed by atoms with Crippen molar-refractivity contribution in [3.63, 3.8) is 0 Å². The predicted molar refractivity (Wildman–Crippen MR) is 70.2 cm³/mol. The molecule has 1 heterocycles. The second-order valence-electron chi connectivity index (χ2n) is 4.17. The smallest absolute Gasteiger partial charge is 0.264 e. The van der Waals surface area contributed by atoms with Crippen LogP contribution in [0.25, 0.3) is 0 Å². The van der Waals surface area contributed by atoms with Crippen molar-refractivity contribution in [2.24, 2.45) is 0 Å². The Bertz CT molecular complexity index is 484. The van der Waals surface area contributed by atoms with Crippen molar-refractivity contribution in [3.8, 4) is 0 Å². The van der Waals surface area contributed by atoms with Crippen LogP contribution in [0.4, 0.5) is 0 Å². The van der Waals surface area contributed by atoms with Crippen molar-refractivity contribution in [1.29, 1.82) is 0 Å². The van der Waals surface area contributed by atoms with E-state index in [0.717, 1.165) is 12.8 Å². The van der Waals surface area contributed by atoms with Crippen LogP contribution in [0.2, 0.25) is 0 Å². The van der Waals surface area contributed by atoms with Crippen molar-refractivity contribution in [3.05, 3.63) is 11.9 Å². The van der Waals surface area contributed by atoms with E-state index in [9.17, 15) is 8.42 Å². The lowest BCUT2D eigenvalue weighted by Gasteiger charge is -2.07. The standard InChI is InChI=1S/C11H19ClN2O3S/c1-4-6-17-8-10-11(18(12,15)16)7-14(13-10)9(3)5-2/h7,9H,4-6,8H2,1-3H3. The van der Waals surface area contributed by atoms with Crippen LogP contribution in [0.5, 0.6) is 0 Å². The van der Waals surface area contributed by atoms with E-state index in [1.165, 1.54) is 6.20 Å². The maximum Gasteiger partial charge on any atom is 0.264 e. The number of hydrogen-bond donors (Lipinski definition) is 0. The third kappa shape index (κ3) is 3.96. The molecule has 0 saturated carbocycles. The highest BCUT2D eigenvalue weighted by atomic mass is 35.7. The quantitative estimate of drug-likeness (QED) is 0.573. The van der Waals surface area contributed by atoms with Crippen LogP contribution in [0.3, 0.4) is 0 Å². The number of hydrogen-bond acceptors (Lipinski definition) is 4. The summed E-state index contributed by atoms with van der Waals surface area (Å²) in [5, 5.41) is 4.25. The first-order chi connectivity index (χ1) is 8.40. The molecular formula is C11H19ClN2O3S. The van der Waals surface area contributed by atoms with Crippen LogP contribution in [0, 0.1) is 0 Å². The molecule has 0 radical (unpaired) electrons. The molecule has 5 nitrogen and oxygen atoms in total. The molecule has 0 aliphatic rings. The number of rotatable bonds is 7. The summed E-state index contributed by atoms with van der Waals surface area (Å²) in [5.41, 5.74) is 0.374.